The number of likely N-dealkylation sites (tertiary alicyclic amines) is 1. The fourth-order valence-electron chi connectivity index (χ4n) is 3.38. The van der Waals surface area contributed by atoms with Crippen molar-refractivity contribution < 1.29 is 14.6 Å². The fourth-order valence-corrected chi connectivity index (χ4v) is 3.38. The Kier molecular flexibility index (Phi) is 8.34. The topological polar surface area (TPSA) is 73.8 Å². The maximum atomic E-state index is 12.0. The standard InChI is InChI=1S/C23H31N3O3/c27-21(18-29-22-7-3-1-4-8-22)17-24-23(28)25-20-11-9-19(10-12-20)13-16-26-14-5-2-6-15-26/h1,3-4,7-12,21,27H,2,5-6,13-18H2,(H2,24,25,28). The van der Waals surface area contributed by atoms with Crippen LogP contribution in [-0.2, 0) is 6.42 Å². The van der Waals surface area contributed by atoms with Crippen LogP contribution in [0.5, 0.6) is 5.75 Å². The molecule has 1 aliphatic heterocycles. The number of nitrogens with zero attached hydrogens (tertiary/aromatic N) is 1. The summed E-state index contributed by atoms with van der Waals surface area (Å²) in [4.78, 5) is 14.6. The van der Waals surface area contributed by atoms with Crippen molar-refractivity contribution in [3.8, 4) is 5.75 Å². The van der Waals surface area contributed by atoms with Crippen molar-refractivity contribution in [3.05, 3.63) is 60.2 Å². The van der Waals surface area contributed by atoms with Gasteiger partial charge in [-0.25, -0.2) is 4.79 Å². The Morgan fingerprint density at radius 1 is 1.03 bits per heavy atom. The van der Waals surface area contributed by atoms with Crippen LogP contribution in [0.4, 0.5) is 10.5 Å². The van der Waals surface area contributed by atoms with Gasteiger partial charge in [-0.05, 0) is 62.2 Å². The average molecular weight is 398 g/mol. The lowest BCUT2D eigenvalue weighted by molar-refractivity contribution is 0.108. The molecule has 1 heterocycles. The zero-order chi connectivity index (χ0) is 20.3. The number of aliphatic hydroxyl groups is 1. The Bertz CT molecular complexity index is 731. The highest BCUT2D eigenvalue weighted by Crippen LogP contribution is 2.13. The number of carbonyl (C=O) groups excluding carboxylic acids is 1. The predicted molar refractivity (Wildman–Crippen MR) is 115 cm³/mol. The molecule has 2 aromatic rings. The number of benzene rings is 2. The summed E-state index contributed by atoms with van der Waals surface area (Å²) in [5.41, 5.74) is 2.01. The van der Waals surface area contributed by atoms with Crippen molar-refractivity contribution in [3.63, 3.8) is 0 Å². The molecule has 156 valence electrons. The molecule has 1 unspecified atom stereocenters. The van der Waals surface area contributed by atoms with E-state index in [2.05, 4.69) is 27.7 Å². The number of urea groups is 1. The predicted octanol–water partition coefficient (Wildman–Crippen LogP) is 3.28. The van der Waals surface area contributed by atoms with Crippen LogP contribution in [0.3, 0.4) is 0 Å². The highest BCUT2D eigenvalue weighted by molar-refractivity contribution is 5.89. The lowest BCUT2D eigenvalue weighted by Gasteiger charge is -2.26. The van der Waals surface area contributed by atoms with E-state index in [1.165, 1.54) is 37.9 Å². The van der Waals surface area contributed by atoms with Crippen molar-refractivity contribution in [2.24, 2.45) is 0 Å². The molecule has 1 atom stereocenters. The first kappa shape index (κ1) is 21.1. The number of aliphatic hydroxyl groups excluding tert-OH is 1. The van der Waals surface area contributed by atoms with E-state index >= 15 is 0 Å². The molecule has 29 heavy (non-hydrogen) atoms. The first-order valence-electron chi connectivity index (χ1n) is 10.4. The molecule has 0 bridgehead atoms. The number of para-hydroxylation sites is 1. The van der Waals surface area contributed by atoms with Crippen molar-refractivity contribution >= 4 is 11.7 Å². The number of hydrogen-bond acceptors (Lipinski definition) is 4. The van der Waals surface area contributed by atoms with Crippen LogP contribution in [0, 0.1) is 0 Å². The second kappa shape index (κ2) is 11.4. The zero-order valence-electron chi connectivity index (χ0n) is 16.8. The molecule has 6 nitrogen and oxygen atoms in total. The zero-order valence-corrected chi connectivity index (χ0v) is 16.8. The monoisotopic (exact) mass is 397 g/mol. The summed E-state index contributed by atoms with van der Waals surface area (Å²) < 4.78 is 5.47. The fraction of sp³-hybridized carbons (Fsp3) is 0.435. The number of piperidine rings is 1. The van der Waals surface area contributed by atoms with Gasteiger partial charge in [0, 0.05) is 18.8 Å². The third kappa shape index (κ3) is 7.75. The molecule has 3 rings (SSSR count). The molecule has 0 aromatic heterocycles. The largest absolute Gasteiger partial charge is 0.491 e. The van der Waals surface area contributed by atoms with E-state index in [0.717, 1.165) is 18.7 Å². The SMILES string of the molecule is O=C(NCC(O)COc1ccccc1)Nc1ccc(CCN2CCCCC2)cc1. The number of carbonyl (C=O) groups is 1. The Balaban J connectivity index is 1.33. The molecule has 0 spiro atoms. The van der Waals surface area contributed by atoms with Gasteiger partial charge in [-0.1, -0.05) is 36.8 Å². The summed E-state index contributed by atoms with van der Waals surface area (Å²) in [6.45, 7) is 3.75. The molecule has 1 saturated heterocycles. The highest BCUT2D eigenvalue weighted by Gasteiger charge is 2.10. The number of nitrogens with one attached hydrogen (secondary N) is 2. The molecule has 1 fully saturated rings. The van der Waals surface area contributed by atoms with Crippen LogP contribution in [0.1, 0.15) is 24.8 Å². The summed E-state index contributed by atoms with van der Waals surface area (Å²) in [7, 11) is 0. The molecular weight excluding hydrogens is 366 g/mol. The molecule has 1 aliphatic rings. The summed E-state index contributed by atoms with van der Waals surface area (Å²) in [6.07, 6.45) is 4.23. The van der Waals surface area contributed by atoms with Gasteiger partial charge in [0.25, 0.3) is 0 Å². The van der Waals surface area contributed by atoms with Gasteiger partial charge in [-0.2, -0.15) is 0 Å². The first-order chi connectivity index (χ1) is 14.2. The number of ether oxygens (including phenoxy) is 1. The van der Waals surface area contributed by atoms with Crippen LogP contribution in [0.15, 0.2) is 54.6 Å². The van der Waals surface area contributed by atoms with Crippen molar-refractivity contribution in [2.45, 2.75) is 31.8 Å². The average Bonchev–Trinajstić information content (AvgIpc) is 2.77. The lowest BCUT2D eigenvalue weighted by atomic mass is 10.1. The molecule has 6 heteroatoms. The van der Waals surface area contributed by atoms with Crippen LogP contribution < -0.4 is 15.4 Å². The van der Waals surface area contributed by atoms with Gasteiger partial charge in [0.15, 0.2) is 0 Å². The van der Waals surface area contributed by atoms with Gasteiger partial charge in [-0.3, -0.25) is 0 Å². The van der Waals surface area contributed by atoms with Crippen molar-refractivity contribution in [1.29, 1.82) is 0 Å². The molecule has 2 amide bonds. The highest BCUT2D eigenvalue weighted by atomic mass is 16.5. The Hall–Kier alpha value is -2.57. The number of anilines is 1. The summed E-state index contributed by atoms with van der Waals surface area (Å²) in [6, 6.07) is 16.9. The van der Waals surface area contributed by atoms with Gasteiger partial charge in [0.2, 0.25) is 0 Å². The Morgan fingerprint density at radius 3 is 2.48 bits per heavy atom. The maximum Gasteiger partial charge on any atom is 0.319 e. The normalized spacial score (nSPS) is 15.5. The molecule has 0 saturated carbocycles. The molecule has 0 aliphatic carbocycles. The van der Waals surface area contributed by atoms with Gasteiger partial charge in [0.1, 0.15) is 18.5 Å². The second-order valence-corrected chi connectivity index (χ2v) is 7.46. The minimum Gasteiger partial charge on any atom is -0.491 e. The molecule has 3 N–H and O–H groups in total. The molecule has 0 radical (unpaired) electrons. The third-order valence-corrected chi connectivity index (χ3v) is 5.06. The number of rotatable bonds is 9. The van der Waals surface area contributed by atoms with Gasteiger partial charge >= 0.3 is 6.03 Å². The number of amides is 2. The van der Waals surface area contributed by atoms with Crippen LogP contribution in [-0.4, -0.2) is 54.9 Å². The third-order valence-electron chi connectivity index (χ3n) is 5.06. The van der Waals surface area contributed by atoms with E-state index in [1.54, 1.807) is 0 Å². The van der Waals surface area contributed by atoms with Gasteiger partial charge in [-0.15, -0.1) is 0 Å². The van der Waals surface area contributed by atoms with E-state index in [1.807, 2.05) is 42.5 Å². The molecule has 2 aromatic carbocycles. The van der Waals surface area contributed by atoms with E-state index in [4.69, 9.17) is 4.74 Å². The lowest BCUT2D eigenvalue weighted by Crippen LogP contribution is -2.37. The summed E-state index contributed by atoms with van der Waals surface area (Å²) in [5, 5.41) is 15.4. The van der Waals surface area contributed by atoms with Gasteiger partial charge < -0.3 is 25.4 Å². The van der Waals surface area contributed by atoms with E-state index in [0.29, 0.717) is 5.75 Å². The van der Waals surface area contributed by atoms with Crippen molar-refractivity contribution in [1.82, 2.24) is 10.2 Å². The van der Waals surface area contributed by atoms with E-state index in [9.17, 15) is 9.90 Å². The van der Waals surface area contributed by atoms with Crippen LogP contribution in [0.2, 0.25) is 0 Å². The van der Waals surface area contributed by atoms with Crippen LogP contribution >= 0.6 is 0 Å². The van der Waals surface area contributed by atoms with Gasteiger partial charge in [0.05, 0.1) is 0 Å². The van der Waals surface area contributed by atoms with Crippen LogP contribution in [0.25, 0.3) is 0 Å². The molecular formula is C23H31N3O3. The Morgan fingerprint density at radius 2 is 1.76 bits per heavy atom. The quantitative estimate of drug-likeness (QED) is 0.607. The van der Waals surface area contributed by atoms with E-state index < -0.39 is 6.10 Å². The smallest absolute Gasteiger partial charge is 0.319 e. The summed E-state index contributed by atoms with van der Waals surface area (Å²) in [5.74, 6) is 0.691. The van der Waals surface area contributed by atoms with E-state index in [-0.39, 0.29) is 19.2 Å². The summed E-state index contributed by atoms with van der Waals surface area (Å²) >= 11 is 0. The minimum atomic E-state index is -0.780. The minimum absolute atomic E-state index is 0.118. The second-order valence-electron chi connectivity index (χ2n) is 7.46. The van der Waals surface area contributed by atoms with Crippen molar-refractivity contribution in [2.75, 3.05) is 38.1 Å². The number of hydrogen-bond donors (Lipinski definition) is 3. The Labute approximate surface area is 172 Å². The first-order valence-corrected chi connectivity index (χ1v) is 10.4. The maximum absolute atomic E-state index is 12.0.